The number of anilines is 1. The van der Waals surface area contributed by atoms with Crippen LogP contribution < -0.4 is 5.32 Å². The molecule has 2 aromatic heterocycles. The van der Waals surface area contributed by atoms with Gasteiger partial charge in [0.25, 0.3) is 0 Å². The maximum absolute atomic E-state index is 5.40. The van der Waals surface area contributed by atoms with Gasteiger partial charge >= 0.3 is 0 Å². The minimum absolute atomic E-state index is 0.846. The van der Waals surface area contributed by atoms with Crippen molar-refractivity contribution in [2.45, 2.75) is 33.4 Å². The summed E-state index contributed by atoms with van der Waals surface area (Å²) in [6, 6.07) is 3.95. The molecule has 2 rings (SSSR count). The van der Waals surface area contributed by atoms with E-state index in [2.05, 4.69) is 29.0 Å². The number of hydrogen-bond donors (Lipinski definition) is 1. The third kappa shape index (κ3) is 4.36. The van der Waals surface area contributed by atoms with Crippen LogP contribution in [0.2, 0.25) is 0 Å². The van der Waals surface area contributed by atoms with E-state index in [1.165, 1.54) is 4.88 Å². The number of rotatable bonds is 8. The molecule has 2 heterocycles. The Bertz CT molecular complexity index is 467. The van der Waals surface area contributed by atoms with Crippen molar-refractivity contribution in [3.8, 4) is 0 Å². The van der Waals surface area contributed by atoms with Gasteiger partial charge in [0.2, 0.25) is 0 Å². The highest BCUT2D eigenvalue weighted by Crippen LogP contribution is 2.20. The van der Waals surface area contributed by atoms with Gasteiger partial charge in [-0.05, 0) is 25.1 Å². The number of thiazole rings is 1. The fourth-order valence-corrected chi connectivity index (χ4v) is 2.70. The van der Waals surface area contributed by atoms with Gasteiger partial charge in [0.05, 0.1) is 12.8 Å². The highest BCUT2D eigenvalue weighted by Gasteiger charge is 2.09. The molecule has 19 heavy (non-hydrogen) atoms. The van der Waals surface area contributed by atoms with Crippen LogP contribution in [0.15, 0.2) is 29.0 Å². The minimum atomic E-state index is 0.846. The molecule has 5 heteroatoms. The van der Waals surface area contributed by atoms with Gasteiger partial charge in [0, 0.05) is 24.2 Å². The van der Waals surface area contributed by atoms with E-state index in [-0.39, 0.29) is 0 Å². The first kappa shape index (κ1) is 14.1. The van der Waals surface area contributed by atoms with Crippen molar-refractivity contribution in [2.75, 3.05) is 18.4 Å². The summed E-state index contributed by atoms with van der Waals surface area (Å²) >= 11 is 1.73. The summed E-state index contributed by atoms with van der Waals surface area (Å²) in [6.45, 7) is 8.07. The average molecular weight is 279 g/mol. The summed E-state index contributed by atoms with van der Waals surface area (Å²) in [5.74, 6) is 1.01. The number of furan rings is 1. The molecule has 0 bridgehead atoms. The van der Waals surface area contributed by atoms with Crippen molar-refractivity contribution >= 4 is 16.5 Å². The molecule has 0 aliphatic carbocycles. The molecule has 1 N–H and O–H groups in total. The van der Waals surface area contributed by atoms with E-state index in [1.807, 2.05) is 18.3 Å². The number of hydrogen-bond acceptors (Lipinski definition) is 5. The van der Waals surface area contributed by atoms with E-state index in [4.69, 9.17) is 4.42 Å². The van der Waals surface area contributed by atoms with Gasteiger partial charge in [-0.3, -0.25) is 4.90 Å². The Balaban J connectivity index is 1.88. The molecule has 0 spiro atoms. The quantitative estimate of drug-likeness (QED) is 0.802. The van der Waals surface area contributed by atoms with Crippen LogP contribution in [-0.4, -0.2) is 23.0 Å². The van der Waals surface area contributed by atoms with Gasteiger partial charge in [0.15, 0.2) is 5.13 Å². The SMILES string of the molecule is CCCNc1ncc(CN(CC)Cc2ccco2)s1. The summed E-state index contributed by atoms with van der Waals surface area (Å²) in [5.41, 5.74) is 0. The highest BCUT2D eigenvalue weighted by atomic mass is 32.1. The molecule has 0 fully saturated rings. The number of aromatic nitrogens is 1. The summed E-state index contributed by atoms with van der Waals surface area (Å²) in [4.78, 5) is 8.02. The Labute approximate surface area is 118 Å². The standard InChI is InChI=1S/C14H21N3OS/c1-3-7-15-14-16-9-13(19-14)11-17(4-2)10-12-6-5-8-18-12/h5-6,8-9H,3-4,7,10-11H2,1-2H3,(H,15,16). The van der Waals surface area contributed by atoms with Crippen LogP contribution >= 0.6 is 11.3 Å². The van der Waals surface area contributed by atoms with Gasteiger partial charge in [0.1, 0.15) is 5.76 Å². The second kappa shape index (κ2) is 7.31. The third-order valence-corrected chi connectivity index (χ3v) is 3.81. The van der Waals surface area contributed by atoms with E-state index in [1.54, 1.807) is 17.6 Å². The smallest absolute Gasteiger partial charge is 0.182 e. The maximum Gasteiger partial charge on any atom is 0.182 e. The molecule has 4 nitrogen and oxygen atoms in total. The molecule has 104 valence electrons. The summed E-state index contributed by atoms with van der Waals surface area (Å²) in [6.07, 6.45) is 4.81. The second-order valence-corrected chi connectivity index (χ2v) is 5.56. The van der Waals surface area contributed by atoms with E-state index >= 15 is 0 Å². The largest absolute Gasteiger partial charge is 0.468 e. The van der Waals surface area contributed by atoms with Crippen LogP contribution in [0.5, 0.6) is 0 Å². The van der Waals surface area contributed by atoms with Gasteiger partial charge in [-0.2, -0.15) is 0 Å². The van der Waals surface area contributed by atoms with Gasteiger partial charge in [-0.1, -0.05) is 13.8 Å². The highest BCUT2D eigenvalue weighted by molar-refractivity contribution is 7.15. The van der Waals surface area contributed by atoms with Crippen LogP contribution in [0.3, 0.4) is 0 Å². The first-order valence-electron chi connectivity index (χ1n) is 6.75. The molecular weight excluding hydrogens is 258 g/mol. The van der Waals surface area contributed by atoms with Gasteiger partial charge in [-0.15, -0.1) is 11.3 Å². The van der Waals surface area contributed by atoms with Gasteiger partial charge < -0.3 is 9.73 Å². The number of nitrogens with one attached hydrogen (secondary N) is 1. The molecule has 0 unspecified atom stereocenters. The normalized spacial score (nSPS) is 11.1. The van der Waals surface area contributed by atoms with E-state index in [0.717, 1.165) is 43.5 Å². The average Bonchev–Trinajstić information content (AvgIpc) is 3.07. The minimum Gasteiger partial charge on any atom is -0.468 e. The fourth-order valence-electron chi connectivity index (χ4n) is 1.82. The van der Waals surface area contributed by atoms with Crippen LogP contribution in [0.4, 0.5) is 5.13 Å². The van der Waals surface area contributed by atoms with Crippen molar-refractivity contribution in [3.63, 3.8) is 0 Å². The molecule has 2 aromatic rings. The molecule has 0 aliphatic rings. The van der Waals surface area contributed by atoms with Crippen molar-refractivity contribution < 1.29 is 4.42 Å². The Hall–Kier alpha value is -1.33. The summed E-state index contributed by atoms with van der Waals surface area (Å²) < 4.78 is 5.40. The van der Waals surface area contributed by atoms with Crippen molar-refractivity contribution in [3.05, 3.63) is 35.2 Å². The van der Waals surface area contributed by atoms with Crippen LogP contribution in [0, 0.1) is 0 Å². The Morgan fingerprint density at radius 1 is 1.37 bits per heavy atom. The molecule has 0 radical (unpaired) electrons. The fraction of sp³-hybridized carbons (Fsp3) is 0.500. The van der Waals surface area contributed by atoms with Crippen molar-refractivity contribution in [2.24, 2.45) is 0 Å². The third-order valence-electron chi connectivity index (χ3n) is 2.87. The van der Waals surface area contributed by atoms with Crippen LogP contribution in [0.25, 0.3) is 0 Å². The van der Waals surface area contributed by atoms with E-state index < -0.39 is 0 Å². The zero-order valence-corrected chi connectivity index (χ0v) is 12.4. The van der Waals surface area contributed by atoms with E-state index in [9.17, 15) is 0 Å². The number of nitrogens with zero attached hydrogens (tertiary/aromatic N) is 2. The molecule has 0 saturated carbocycles. The van der Waals surface area contributed by atoms with Crippen molar-refractivity contribution in [1.82, 2.24) is 9.88 Å². The Kier molecular flexibility index (Phi) is 5.42. The predicted octanol–water partition coefficient (Wildman–Crippen LogP) is 3.58. The first-order valence-corrected chi connectivity index (χ1v) is 7.56. The second-order valence-electron chi connectivity index (χ2n) is 4.44. The topological polar surface area (TPSA) is 41.3 Å². The van der Waals surface area contributed by atoms with Crippen LogP contribution in [0.1, 0.15) is 30.9 Å². The maximum atomic E-state index is 5.40. The lowest BCUT2D eigenvalue weighted by Crippen LogP contribution is -2.21. The zero-order valence-electron chi connectivity index (χ0n) is 11.6. The lowest BCUT2D eigenvalue weighted by atomic mass is 10.3. The lowest BCUT2D eigenvalue weighted by molar-refractivity contribution is 0.249. The monoisotopic (exact) mass is 279 g/mol. The molecule has 0 amide bonds. The van der Waals surface area contributed by atoms with Gasteiger partial charge in [-0.25, -0.2) is 4.98 Å². The predicted molar refractivity (Wildman–Crippen MR) is 79.4 cm³/mol. The Morgan fingerprint density at radius 2 is 2.26 bits per heavy atom. The molecule has 0 atom stereocenters. The molecular formula is C14H21N3OS. The Morgan fingerprint density at radius 3 is 2.95 bits per heavy atom. The summed E-state index contributed by atoms with van der Waals surface area (Å²) in [5, 5.41) is 4.34. The summed E-state index contributed by atoms with van der Waals surface area (Å²) in [7, 11) is 0. The molecule has 0 saturated heterocycles. The molecule has 0 aliphatic heterocycles. The van der Waals surface area contributed by atoms with E-state index in [0.29, 0.717) is 0 Å². The van der Waals surface area contributed by atoms with Crippen molar-refractivity contribution in [1.29, 1.82) is 0 Å². The zero-order chi connectivity index (χ0) is 13.5. The first-order chi connectivity index (χ1) is 9.31. The molecule has 0 aromatic carbocycles. The lowest BCUT2D eigenvalue weighted by Gasteiger charge is -2.17. The van der Waals surface area contributed by atoms with Crippen LogP contribution in [-0.2, 0) is 13.1 Å².